The van der Waals surface area contributed by atoms with Crippen LogP contribution in [0, 0.1) is 5.92 Å². The lowest BCUT2D eigenvalue weighted by Gasteiger charge is -2.53. The van der Waals surface area contributed by atoms with Gasteiger partial charge in [0, 0.05) is 37.6 Å². The van der Waals surface area contributed by atoms with Crippen LogP contribution >= 0.6 is 0 Å². The number of likely N-dealkylation sites (tertiary alicyclic amines) is 1. The molecule has 2 atom stereocenters. The van der Waals surface area contributed by atoms with Gasteiger partial charge in [-0.3, -0.25) is 14.9 Å². The number of carbonyl (C=O) groups excluding carboxylic acids is 1. The molecule has 7 rings (SSSR count). The van der Waals surface area contributed by atoms with Crippen molar-refractivity contribution in [2.45, 2.75) is 63.5 Å². The van der Waals surface area contributed by atoms with Crippen molar-refractivity contribution in [1.29, 1.82) is 0 Å². The maximum Gasteiger partial charge on any atom is 0.331 e. The van der Waals surface area contributed by atoms with Gasteiger partial charge in [-0.25, -0.2) is 4.79 Å². The molecule has 4 aliphatic rings. The number of hydrogen-bond donors (Lipinski definition) is 0. The van der Waals surface area contributed by atoms with Gasteiger partial charge in [-0.1, -0.05) is 42.8 Å². The number of aryl methyl sites for hydroxylation is 1. The summed E-state index contributed by atoms with van der Waals surface area (Å²) in [5, 5.41) is 0. The van der Waals surface area contributed by atoms with Gasteiger partial charge in [-0.05, 0) is 62.5 Å². The van der Waals surface area contributed by atoms with E-state index in [1.54, 1.807) is 12.4 Å². The number of benzene rings is 2. The molecule has 0 radical (unpaired) electrons. The summed E-state index contributed by atoms with van der Waals surface area (Å²) >= 11 is 0. The average molecular weight is 514 g/mol. The number of piperidine rings is 4. The molecule has 0 aliphatic carbocycles. The minimum Gasteiger partial charge on any atom is -0.454 e. The van der Waals surface area contributed by atoms with E-state index < -0.39 is 5.54 Å². The van der Waals surface area contributed by atoms with Gasteiger partial charge in [0.15, 0.2) is 6.10 Å². The van der Waals surface area contributed by atoms with Crippen LogP contribution < -0.4 is 0 Å². The Bertz CT molecular complexity index is 1250. The molecule has 5 heterocycles. The van der Waals surface area contributed by atoms with E-state index in [0.717, 1.165) is 85.8 Å². The van der Waals surface area contributed by atoms with E-state index in [1.165, 1.54) is 25.1 Å². The normalized spacial score (nSPS) is 27.2. The third kappa shape index (κ3) is 4.96. The highest BCUT2D eigenvalue weighted by atomic mass is 16.5. The van der Waals surface area contributed by atoms with Gasteiger partial charge >= 0.3 is 5.97 Å². The van der Waals surface area contributed by atoms with Crippen molar-refractivity contribution in [3.8, 4) is 0 Å². The summed E-state index contributed by atoms with van der Waals surface area (Å²) < 4.78 is 7.62. The molecule has 3 aromatic rings. The Morgan fingerprint density at radius 1 is 1.00 bits per heavy atom. The Hall–Kier alpha value is -2.83. The molecule has 4 saturated heterocycles. The molecule has 200 valence electrons. The number of nitrogens with zero attached hydrogens (tertiary/aromatic N) is 4. The Morgan fingerprint density at radius 2 is 1.74 bits per heavy atom. The van der Waals surface area contributed by atoms with Crippen molar-refractivity contribution >= 4 is 17.0 Å². The second-order valence-corrected chi connectivity index (χ2v) is 11.9. The van der Waals surface area contributed by atoms with Gasteiger partial charge in [0.05, 0.1) is 30.7 Å². The number of hydrogen-bond acceptors (Lipinski definition) is 5. The smallest absolute Gasteiger partial charge is 0.331 e. The zero-order valence-electron chi connectivity index (χ0n) is 22.7. The molecule has 0 spiro atoms. The van der Waals surface area contributed by atoms with E-state index >= 15 is 0 Å². The number of quaternary nitrogens is 1. The minimum absolute atomic E-state index is 0.0220. The average Bonchev–Trinajstić information content (AvgIpc) is 2.98. The fraction of sp³-hybridized carbons (Fsp3) is 0.531. The highest BCUT2D eigenvalue weighted by Gasteiger charge is 2.50. The Balaban J connectivity index is 1.13. The van der Waals surface area contributed by atoms with Crippen LogP contribution in [0.5, 0.6) is 0 Å². The quantitative estimate of drug-likeness (QED) is 0.309. The lowest BCUT2D eigenvalue weighted by Crippen LogP contribution is -2.65. The summed E-state index contributed by atoms with van der Waals surface area (Å²) in [7, 11) is 0. The zero-order valence-corrected chi connectivity index (χ0v) is 22.7. The fourth-order valence-electron chi connectivity index (χ4n) is 7.24. The van der Waals surface area contributed by atoms with Gasteiger partial charge in [-0.15, -0.1) is 0 Å². The van der Waals surface area contributed by atoms with Gasteiger partial charge in [0.1, 0.15) is 12.1 Å². The number of carbonyl (C=O) groups is 1. The van der Waals surface area contributed by atoms with Crippen LogP contribution in [0.3, 0.4) is 0 Å². The first-order chi connectivity index (χ1) is 18.6. The van der Waals surface area contributed by atoms with Crippen LogP contribution in [0.15, 0.2) is 60.9 Å². The molecule has 38 heavy (non-hydrogen) atoms. The van der Waals surface area contributed by atoms with Crippen molar-refractivity contribution in [3.63, 3.8) is 0 Å². The number of esters is 1. The molecule has 1 aromatic heterocycles. The van der Waals surface area contributed by atoms with Crippen LogP contribution in [0.2, 0.25) is 0 Å². The molecule has 6 nitrogen and oxygen atoms in total. The highest BCUT2D eigenvalue weighted by molar-refractivity contribution is 5.82. The number of rotatable bonds is 8. The molecule has 0 unspecified atom stereocenters. The Kier molecular flexibility index (Phi) is 7.19. The van der Waals surface area contributed by atoms with Crippen LogP contribution in [0.1, 0.15) is 56.6 Å². The zero-order chi connectivity index (χ0) is 26.0. The second kappa shape index (κ2) is 10.7. The van der Waals surface area contributed by atoms with Crippen LogP contribution in [-0.2, 0) is 21.5 Å². The van der Waals surface area contributed by atoms with Crippen LogP contribution in [-0.4, -0.2) is 70.7 Å². The summed E-state index contributed by atoms with van der Waals surface area (Å²) in [5.74, 6) is 0.444. The second-order valence-electron chi connectivity index (χ2n) is 11.9. The van der Waals surface area contributed by atoms with E-state index in [1.807, 2.05) is 18.2 Å². The topological polar surface area (TPSA) is 55.3 Å². The molecule has 6 heteroatoms. The lowest BCUT2D eigenvalue weighted by atomic mass is 9.82. The molecule has 0 saturated carbocycles. The lowest BCUT2D eigenvalue weighted by molar-refractivity contribution is -0.946. The Morgan fingerprint density at radius 3 is 2.50 bits per heavy atom. The molecule has 4 aliphatic heterocycles. The standard InChI is InChI=1S/C32H41N4O2/c1-32(27-10-4-2-5-11-27,35-18-6-3-7-19-35)31(37)38-30-24-36(21-14-26(30)15-22-36)20-8-9-25-12-13-28-29(23-25)34-17-16-33-28/h2,4-5,10-13,16-17,23,26,30H,3,6-9,14-15,18-22,24H2,1H3/q+1/t26?,30-,32-,36?/m0/s1. The van der Waals surface area contributed by atoms with Crippen molar-refractivity contribution in [2.75, 3.05) is 39.3 Å². The van der Waals surface area contributed by atoms with Crippen LogP contribution in [0.4, 0.5) is 0 Å². The number of fused-ring (bicyclic) bond motifs is 4. The third-order valence-electron chi connectivity index (χ3n) is 9.65. The first-order valence-corrected chi connectivity index (χ1v) is 14.6. The number of aromatic nitrogens is 2. The van der Waals surface area contributed by atoms with Gasteiger partial charge in [0.25, 0.3) is 0 Å². The third-order valence-corrected chi connectivity index (χ3v) is 9.65. The predicted octanol–water partition coefficient (Wildman–Crippen LogP) is 5.12. The van der Waals surface area contributed by atoms with Crippen LogP contribution in [0.25, 0.3) is 11.0 Å². The van der Waals surface area contributed by atoms with E-state index in [-0.39, 0.29) is 12.1 Å². The molecular formula is C32H41N4O2+. The first-order valence-electron chi connectivity index (χ1n) is 14.6. The molecule has 2 aromatic carbocycles. The van der Waals surface area contributed by atoms with Gasteiger partial charge in [-0.2, -0.15) is 0 Å². The fourth-order valence-corrected chi connectivity index (χ4v) is 7.24. The minimum atomic E-state index is -0.725. The summed E-state index contributed by atoms with van der Waals surface area (Å²) in [6.45, 7) is 8.53. The Labute approximate surface area is 226 Å². The van der Waals surface area contributed by atoms with Crippen molar-refractivity contribution in [1.82, 2.24) is 14.9 Å². The largest absolute Gasteiger partial charge is 0.454 e. The summed E-state index contributed by atoms with van der Waals surface area (Å²) in [5.41, 5.74) is 3.58. The maximum absolute atomic E-state index is 14.0. The van der Waals surface area contributed by atoms with Crippen molar-refractivity contribution in [2.24, 2.45) is 5.92 Å². The van der Waals surface area contributed by atoms with Crippen molar-refractivity contribution in [3.05, 3.63) is 72.1 Å². The summed E-state index contributed by atoms with van der Waals surface area (Å²) in [6.07, 6.45) is 11.6. The molecule has 0 amide bonds. The van der Waals surface area contributed by atoms with Gasteiger partial charge < -0.3 is 9.22 Å². The van der Waals surface area contributed by atoms with E-state index in [4.69, 9.17) is 4.74 Å². The first kappa shape index (κ1) is 25.4. The monoisotopic (exact) mass is 513 g/mol. The highest BCUT2D eigenvalue weighted by Crippen LogP contribution is 2.39. The predicted molar refractivity (Wildman–Crippen MR) is 149 cm³/mol. The molecule has 4 fully saturated rings. The van der Waals surface area contributed by atoms with E-state index in [9.17, 15) is 4.79 Å². The SMILES string of the molecule is C[C@@](C(=O)O[C@H]1C[N+]2(CCCc3ccc4nccnc4c3)CCC1CC2)(c1ccccc1)N1CCCCC1. The van der Waals surface area contributed by atoms with E-state index in [2.05, 4.69) is 52.1 Å². The molecular weight excluding hydrogens is 472 g/mol. The molecule has 2 bridgehead atoms. The number of ether oxygens (including phenoxy) is 1. The summed E-state index contributed by atoms with van der Waals surface area (Å²) in [4.78, 5) is 25.3. The maximum atomic E-state index is 14.0. The molecule has 0 N–H and O–H groups in total. The van der Waals surface area contributed by atoms with E-state index in [0.29, 0.717) is 5.92 Å². The van der Waals surface area contributed by atoms with Gasteiger partial charge in [0.2, 0.25) is 0 Å². The van der Waals surface area contributed by atoms with Crippen molar-refractivity contribution < 1.29 is 14.0 Å². The summed E-state index contributed by atoms with van der Waals surface area (Å²) in [6, 6.07) is 16.8.